The number of carbonyl (C=O) groups is 1. The minimum absolute atomic E-state index is 0.127. The van der Waals surface area contributed by atoms with Gasteiger partial charge in [-0.05, 0) is 11.1 Å². The Morgan fingerprint density at radius 2 is 1.46 bits per heavy atom. The van der Waals surface area contributed by atoms with E-state index in [9.17, 15) is 10.1 Å². The summed E-state index contributed by atoms with van der Waals surface area (Å²) in [7, 11) is 3.29. The van der Waals surface area contributed by atoms with Crippen LogP contribution in [0.3, 0.4) is 0 Å². The molecule has 2 aromatic rings. The van der Waals surface area contributed by atoms with Crippen LogP contribution in [0.4, 0.5) is 0 Å². The lowest BCUT2D eigenvalue weighted by atomic mass is 9.97. The van der Waals surface area contributed by atoms with E-state index in [0.29, 0.717) is 28.1 Å². The number of fused-ring (bicyclic) bond motifs is 1. The summed E-state index contributed by atoms with van der Waals surface area (Å²) in [6.07, 6.45) is 0. The zero-order valence-corrected chi connectivity index (χ0v) is 14.5. The van der Waals surface area contributed by atoms with Crippen LogP contribution < -0.4 is 0 Å². The van der Waals surface area contributed by atoms with E-state index < -0.39 is 0 Å². The second-order valence-electron chi connectivity index (χ2n) is 6.09. The van der Waals surface area contributed by atoms with Gasteiger partial charge in [0.05, 0.1) is 24.0 Å². The first-order valence-corrected chi connectivity index (χ1v) is 8.26. The standard InChI is InChI=1S/C22H16N2O2/c1-24-20(15-11-7-4-8-12-15)19-18(22(24)25)17(14-9-5-3-6-10-14)16(13-23)21(19)26-2/h3-12H,1-2H3. The van der Waals surface area contributed by atoms with Crippen molar-refractivity contribution in [2.45, 2.75) is 0 Å². The Balaban J connectivity index is 2.09. The van der Waals surface area contributed by atoms with E-state index in [0.717, 1.165) is 16.8 Å². The van der Waals surface area contributed by atoms with Gasteiger partial charge in [-0.3, -0.25) is 4.79 Å². The number of amides is 1. The first-order chi connectivity index (χ1) is 12.7. The number of rotatable bonds is 3. The molecule has 1 heterocycles. The molecule has 0 unspecified atom stereocenters. The van der Waals surface area contributed by atoms with Gasteiger partial charge in [0.1, 0.15) is 17.4 Å². The molecule has 0 spiro atoms. The van der Waals surface area contributed by atoms with Crippen LogP contribution in [0.15, 0.2) is 83.1 Å². The lowest BCUT2D eigenvalue weighted by molar-refractivity contribution is -0.122. The summed E-state index contributed by atoms with van der Waals surface area (Å²) < 4.78 is 5.61. The third-order valence-electron chi connectivity index (χ3n) is 4.72. The van der Waals surface area contributed by atoms with Crippen molar-refractivity contribution < 1.29 is 9.53 Å². The highest BCUT2D eigenvalue weighted by molar-refractivity contribution is 6.21. The molecule has 2 aromatic carbocycles. The zero-order chi connectivity index (χ0) is 18.3. The van der Waals surface area contributed by atoms with Crippen LogP contribution >= 0.6 is 0 Å². The minimum atomic E-state index is -0.127. The number of likely N-dealkylation sites (N-methyl/N-ethyl adjacent to an activating group) is 1. The highest BCUT2D eigenvalue weighted by Gasteiger charge is 2.44. The average Bonchev–Trinajstić information content (AvgIpc) is 3.15. The summed E-state index contributed by atoms with van der Waals surface area (Å²) >= 11 is 0. The molecule has 0 radical (unpaired) electrons. The van der Waals surface area contributed by atoms with Gasteiger partial charge in [0.25, 0.3) is 5.91 Å². The maximum absolute atomic E-state index is 13.1. The first kappa shape index (κ1) is 15.9. The van der Waals surface area contributed by atoms with Gasteiger partial charge >= 0.3 is 0 Å². The Kier molecular flexibility index (Phi) is 3.70. The van der Waals surface area contributed by atoms with Gasteiger partial charge in [-0.1, -0.05) is 60.7 Å². The quantitative estimate of drug-likeness (QED) is 0.855. The van der Waals surface area contributed by atoms with Crippen molar-refractivity contribution in [3.63, 3.8) is 0 Å². The largest absolute Gasteiger partial charge is 0.495 e. The summed E-state index contributed by atoms with van der Waals surface area (Å²) in [5.41, 5.74) is 4.78. The van der Waals surface area contributed by atoms with Gasteiger partial charge in [0, 0.05) is 12.6 Å². The van der Waals surface area contributed by atoms with Crippen LogP contribution in [-0.2, 0) is 9.53 Å². The Labute approximate surface area is 151 Å². The van der Waals surface area contributed by atoms with Gasteiger partial charge in [-0.15, -0.1) is 0 Å². The van der Waals surface area contributed by atoms with E-state index in [1.165, 1.54) is 7.11 Å². The van der Waals surface area contributed by atoms with Gasteiger partial charge in [-0.2, -0.15) is 5.26 Å². The molecule has 4 nitrogen and oxygen atoms in total. The normalized spacial score (nSPS) is 16.3. The average molecular weight is 340 g/mol. The summed E-state index contributed by atoms with van der Waals surface area (Å²) in [5.74, 6) is 0.329. The van der Waals surface area contributed by atoms with Crippen LogP contribution in [0.2, 0.25) is 0 Å². The molecule has 1 aliphatic heterocycles. The topological polar surface area (TPSA) is 53.3 Å². The van der Waals surface area contributed by atoms with E-state index >= 15 is 0 Å². The lowest BCUT2D eigenvalue weighted by Crippen LogP contribution is -2.20. The molecule has 4 heteroatoms. The molecule has 4 rings (SSSR count). The Morgan fingerprint density at radius 3 is 2.00 bits per heavy atom. The molecule has 126 valence electrons. The second kappa shape index (κ2) is 6.05. The highest BCUT2D eigenvalue weighted by Crippen LogP contribution is 2.50. The number of ether oxygens (including phenoxy) is 1. The fourth-order valence-corrected chi connectivity index (χ4v) is 3.62. The van der Waals surface area contributed by atoms with Crippen molar-refractivity contribution in [2.75, 3.05) is 14.2 Å². The van der Waals surface area contributed by atoms with Gasteiger partial charge < -0.3 is 9.64 Å². The van der Waals surface area contributed by atoms with E-state index in [1.54, 1.807) is 11.9 Å². The fourth-order valence-electron chi connectivity index (χ4n) is 3.62. The van der Waals surface area contributed by atoms with E-state index in [-0.39, 0.29) is 5.91 Å². The Bertz CT molecular complexity index is 1040. The van der Waals surface area contributed by atoms with Gasteiger partial charge in [0.15, 0.2) is 0 Å². The lowest BCUT2D eigenvalue weighted by Gasteiger charge is -2.16. The molecule has 0 fully saturated rings. The Hall–Kier alpha value is -3.58. The third-order valence-corrected chi connectivity index (χ3v) is 4.72. The molecule has 0 atom stereocenters. The van der Waals surface area contributed by atoms with Crippen LogP contribution in [0.25, 0.3) is 11.3 Å². The molecular weight excluding hydrogens is 324 g/mol. The fraction of sp³-hybridized carbons (Fsp3) is 0.0909. The smallest absolute Gasteiger partial charge is 0.259 e. The molecule has 0 aromatic heterocycles. The van der Waals surface area contributed by atoms with Crippen LogP contribution in [-0.4, -0.2) is 25.0 Å². The summed E-state index contributed by atoms with van der Waals surface area (Å²) in [6, 6.07) is 21.4. The monoisotopic (exact) mass is 340 g/mol. The van der Waals surface area contributed by atoms with Crippen molar-refractivity contribution in [3.8, 4) is 6.07 Å². The summed E-state index contributed by atoms with van der Waals surface area (Å²) in [6.45, 7) is 0. The van der Waals surface area contributed by atoms with Crippen molar-refractivity contribution in [1.82, 2.24) is 4.90 Å². The second-order valence-corrected chi connectivity index (χ2v) is 6.09. The number of hydrogen-bond donors (Lipinski definition) is 0. The van der Waals surface area contributed by atoms with Crippen molar-refractivity contribution >= 4 is 17.2 Å². The SMILES string of the molecule is COC1=C(C#N)C(c2ccccc2)=C2C(=O)N(C)C(c3ccccc3)=C12. The van der Waals surface area contributed by atoms with Crippen molar-refractivity contribution in [3.05, 3.63) is 94.3 Å². The van der Waals surface area contributed by atoms with Crippen LogP contribution in [0.5, 0.6) is 0 Å². The molecule has 0 saturated carbocycles. The molecule has 2 aliphatic rings. The number of carbonyl (C=O) groups excluding carboxylic acids is 1. The number of nitriles is 1. The van der Waals surface area contributed by atoms with Crippen LogP contribution in [0, 0.1) is 11.3 Å². The molecule has 1 aliphatic carbocycles. The molecule has 0 bridgehead atoms. The van der Waals surface area contributed by atoms with Gasteiger partial charge in [-0.25, -0.2) is 0 Å². The number of methoxy groups -OCH3 is 1. The summed E-state index contributed by atoms with van der Waals surface area (Å²) in [5, 5.41) is 9.79. The molecular formula is C22H16N2O2. The predicted octanol–water partition coefficient (Wildman–Crippen LogP) is 3.76. The van der Waals surface area contributed by atoms with Crippen molar-refractivity contribution in [2.24, 2.45) is 0 Å². The maximum Gasteiger partial charge on any atom is 0.259 e. The molecule has 0 saturated heterocycles. The van der Waals surface area contributed by atoms with Crippen molar-refractivity contribution in [1.29, 1.82) is 5.26 Å². The summed E-state index contributed by atoms with van der Waals surface area (Å²) in [4.78, 5) is 14.7. The number of benzene rings is 2. The predicted molar refractivity (Wildman–Crippen MR) is 99.1 cm³/mol. The maximum atomic E-state index is 13.1. The van der Waals surface area contributed by atoms with E-state index in [4.69, 9.17) is 4.74 Å². The van der Waals surface area contributed by atoms with Gasteiger partial charge in [0.2, 0.25) is 0 Å². The number of hydrogen-bond acceptors (Lipinski definition) is 3. The van der Waals surface area contributed by atoms with Crippen LogP contribution in [0.1, 0.15) is 11.1 Å². The molecule has 26 heavy (non-hydrogen) atoms. The van der Waals surface area contributed by atoms with E-state index in [2.05, 4.69) is 6.07 Å². The first-order valence-electron chi connectivity index (χ1n) is 8.26. The number of nitrogens with zero attached hydrogens (tertiary/aromatic N) is 2. The molecule has 0 N–H and O–H groups in total. The molecule has 1 amide bonds. The minimum Gasteiger partial charge on any atom is -0.495 e. The highest BCUT2D eigenvalue weighted by atomic mass is 16.5. The van der Waals surface area contributed by atoms with E-state index in [1.807, 2.05) is 60.7 Å². The number of allylic oxidation sites excluding steroid dienone is 3. The third kappa shape index (κ3) is 2.11. The zero-order valence-electron chi connectivity index (χ0n) is 14.5. The Morgan fingerprint density at radius 1 is 0.885 bits per heavy atom.